The van der Waals surface area contributed by atoms with Crippen LogP contribution in [0.4, 0.5) is 13.2 Å². The molecule has 0 radical (unpaired) electrons. The van der Waals surface area contributed by atoms with Crippen LogP contribution in [0.15, 0.2) is 0 Å². The standard InChI is InChI=1S/C9H14F3NO2/c10-9(11,12)7(8(14)15)5-6-3-1-2-4-13-6/h6-7,13H,1-5H2,(H,14,15)/t6-,7+/m1/s1. The molecule has 0 aromatic rings. The number of carboxylic acid groups (broad SMARTS) is 1. The van der Waals surface area contributed by atoms with Crippen LogP contribution in [0.3, 0.4) is 0 Å². The SMILES string of the molecule is O=C(O)[C@H](C[C@H]1CCCCN1)C(F)(F)F. The number of carbonyl (C=O) groups is 1. The molecule has 0 aromatic heterocycles. The van der Waals surface area contributed by atoms with Crippen LogP contribution < -0.4 is 5.32 Å². The van der Waals surface area contributed by atoms with Crippen LogP contribution >= 0.6 is 0 Å². The quantitative estimate of drug-likeness (QED) is 0.769. The van der Waals surface area contributed by atoms with Gasteiger partial charge in [-0.05, 0) is 25.8 Å². The van der Waals surface area contributed by atoms with Gasteiger partial charge in [0.2, 0.25) is 0 Å². The van der Waals surface area contributed by atoms with Gasteiger partial charge in [-0.15, -0.1) is 0 Å². The van der Waals surface area contributed by atoms with Gasteiger partial charge in [0.05, 0.1) is 0 Å². The van der Waals surface area contributed by atoms with Crippen molar-refractivity contribution in [1.29, 1.82) is 0 Å². The number of hydrogen-bond donors (Lipinski definition) is 2. The molecule has 0 aromatic carbocycles. The van der Waals surface area contributed by atoms with E-state index in [4.69, 9.17) is 5.11 Å². The summed E-state index contributed by atoms with van der Waals surface area (Å²) in [6.07, 6.45) is -2.58. The van der Waals surface area contributed by atoms with Crippen LogP contribution in [0.1, 0.15) is 25.7 Å². The highest BCUT2D eigenvalue weighted by Gasteiger charge is 2.46. The number of rotatable bonds is 3. The van der Waals surface area contributed by atoms with Gasteiger partial charge in [0.15, 0.2) is 5.92 Å². The minimum Gasteiger partial charge on any atom is -0.481 e. The fraction of sp³-hybridized carbons (Fsp3) is 0.889. The van der Waals surface area contributed by atoms with Crippen LogP contribution in [0.2, 0.25) is 0 Å². The van der Waals surface area contributed by atoms with E-state index >= 15 is 0 Å². The molecule has 0 aliphatic carbocycles. The van der Waals surface area contributed by atoms with Crippen molar-refractivity contribution in [3.8, 4) is 0 Å². The number of halogens is 3. The molecule has 0 unspecified atom stereocenters. The predicted octanol–water partition coefficient (Wildman–Crippen LogP) is 1.78. The lowest BCUT2D eigenvalue weighted by molar-refractivity contribution is -0.196. The normalized spacial score (nSPS) is 24.9. The summed E-state index contributed by atoms with van der Waals surface area (Å²) in [5.74, 6) is -4.03. The van der Waals surface area contributed by atoms with E-state index in [1.54, 1.807) is 0 Å². The molecule has 1 heterocycles. The Morgan fingerprint density at radius 3 is 2.53 bits per heavy atom. The highest BCUT2D eigenvalue weighted by atomic mass is 19.4. The summed E-state index contributed by atoms with van der Waals surface area (Å²) < 4.78 is 37.0. The molecule has 1 saturated heterocycles. The largest absolute Gasteiger partial charge is 0.481 e. The summed E-state index contributed by atoms with van der Waals surface area (Å²) >= 11 is 0. The first-order valence-electron chi connectivity index (χ1n) is 4.94. The third-order valence-corrected chi connectivity index (χ3v) is 2.63. The summed E-state index contributed by atoms with van der Waals surface area (Å²) in [4.78, 5) is 10.5. The van der Waals surface area contributed by atoms with Gasteiger partial charge >= 0.3 is 12.1 Å². The Morgan fingerprint density at radius 1 is 1.47 bits per heavy atom. The monoisotopic (exact) mass is 225 g/mol. The van der Waals surface area contributed by atoms with Crippen molar-refractivity contribution in [2.75, 3.05) is 6.54 Å². The molecule has 0 bridgehead atoms. The van der Waals surface area contributed by atoms with Crippen LogP contribution in [0.25, 0.3) is 0 Å². The lowest BCUT2D eigenvalue weighted by Gasteiger charge is -2.26. The van der Waals surface area contributed by atoms with Crippen molar-refractivity contribution < 1.29 is 23.1 Å². The first-order valence-corrected chi connectivity index (χ1v) is 4.94. The average molecular weight is 225 g/mol. The fourth-order valence-electron chi connectivity index (χ4n) is 1.78. The molecule has 1 fully saturated rings. The number of piperidine rings is 1. The minimum atomic E-state index is -4.65. The predicted molar refractivity (Wildman–Crippen MR) is 47.4 cm³/mol. The van der Waals surface area contributed by atoms with Crippen molar-refractivity contribution in [2.45, 2.75) is 37.9 Å². The van der Waals surface area contributed by atoms with Gasteiger partial charge in [-0.2, -0.15) is 13.2 Å². The van der Waals surface area contributed by atoms with Crippen LogP contribution in [0, 0.1) is 5.92 Å². The molecule has 0 saturated carbocycles. The van der Waals surface area contributed by atoms with E-state index in [9.17, 15) is 18.0 Å². The van der Waals surface area contributed by atoms with Gasteiger partial charge < -0.3 is 10.4 Å². The summed E-state index contributed by atoms with van der Waals surface area (Å²) in [5.41, 5.74) is 0. The first kappa shape index (κ1) is 12.3. The number of nitrogens with one attached hydrogen (secondary N) is 1. The maximum Gasteiger partial charge on any atom is 0.402 e. The summed E-state index contributed by atoms with van der Waals surface area (Å²) in [6, 6.07) is -0.318. The zero-order valence-corrected chi connectivity index (χ0v) is 8.18. The van der Waals surface area contributed by atoms with Gasteiger partial charge in [-0.1, -0.05) is 6.42 Å². The second-order valence-corrected chi connectivity index (χ2v) is 3.81. The average Bonchev–Trinajstić information content (AvgIpc) is 2.13. The van der Waals surface area contributed by atoms with E-state index in [0.29, 0.717) is 13.0 Å². The van der Waals surface area contributed by atoms with Gasteiger partial charge in [0.1, 0.15) is 0 Å². The topological polar surface area (TPSA) is 49.3 Å². The molecule has 2 atom stereocenters. The third-order valence-electron chi connectivity index (χ3n) is 2.63. The molecular formula is C9H14F3NO2. The maximum absolute atomic E-state index is 12.3. The molecule has 1 rings (SSSR count). The summed E-state index contributed by atoms with van der Waals surface area (Å²) in [5, 5.41) is 11.4. The Labute approximate surface area is 85.7 Å². The Hall–Kier alpha value is -0.780. The van der Waals surface area contributed by atoms with Crippen LogP contribution in [0.5, 0.6) is 0 Å². The van der Waals surface area contributed by atoms with Crippen molar-refractivity contribution >= 4 is 5.97 Å². The second kappa shape index (κ2) is 4.83. The number of carboxylic acids is 1. The zero-order valence-electron chi connectivity index (χ0n) is 8.18. The summed E-state index contributed by atoms with van der Waals surface area (Å²) in [7, 11) is 0. The zero-order chi connectivity index (χ0) is 11.5. The molecule has 2 N–H and O–H groups in total. The highest BCUT2D eigenvalue weighted by Crippen LogP contribution is 2.31. The number of alkyl halides is 3. The van der Waals surface area contributed by atoms with E-state index in [1.165, 1.54) is 0 Å². The second-order valence-electron chi connectivity index (χ2n) is 3.81. The Bertz CT molecular complexity index is 224. The lowest BCUT2D eigenvalue weighted by Crippen LogP contribution is -2.41. The molecule has 1 aliphatic heterocycles. The van der Waals surface area contributed by atoms with Gasteiger partial charge in [-0.25, -0.2) is 0 Å². The third kappa shape index (κ3) is 3.70. The Kier molecular flexibility index (Phi) is 3.96. The molecule has 0 amide bonds. The smallest absolute Gasteiger partial charge is 0.402 e. The molecule has 15 heavy (non-hydrogen) atoms. The number of hydrogen-bond acceptors (Lipinski definition) is 2. The minimum absolute atomic E-state index is 0.318. The van der Waals surface area contributed by atoms with Crippen molar-refractivity contribution in [1.82, 2.24) is 5.32 Å². The van der Waals surface area contributed by atoms with Crippen molar-refractivity contribution in [2.24, 2.45) is 5.92 Å². The van der Waals surface area contributed by atoms with Crippen LogP contribution in [-0.2, 0) is 4.79 Å². The molecular weight excluding hydrogens is 211 g/mol. The molecule has 1 aliphatic rings. The molecule has 0 spiro atoms. The highest BCUT2D eigenvalue weighted by molar-refractivity contribution is 5.71. The lowest BCUT2D eigenvalue weighted by atomic mass is 9.93. The van der Waals surface area contributed by atoms with Crippen molar-refractivity contribution in [3.05, 3.63) is 0 Å². The van der Waals surface area contributed by atoms with E-state index < -0.39 is 18.1 Å². The summed E-state index contributed by atoms with van der Waals surface area (Å²) in [6.45, 7) is 0.675. The Balaban J connectivity index is 2.54. The molecule has 3 nitrogen and oxygen atoms in total. The van der Waals surface area contributed by atoms with E-state index in [1.807, 2.05) is 0 Å². The number of aliphatic carboxylic acids is 1. The van der Waals surface area contributed by atoms with E-state index in [2.05, 4.69) is 5.32 Å². The van der Waals surface area contributed by atoms with Crippen LogP contribution in [-0.4, -0.2) is 29.8 Å². The molecule has 6 heteroatoms. The Morgan fingerprint density at radius 2 is 2.13 bits per heavy atom. The maximum atomic E-state index is 12.3. The van der Waals surface area contributed by atoms with E-state index in [-0.39, 0.29) is 12.5 Å². The van der Waals surface area contributed by atoms with E-state index in [0.717, 1.165) is 12.8 Å². The molecule has 88 valence electrons. The van der Waals surface area contributed by atoms with Gasteiger partial charge in [-0.3, -0.25) is 4.79 Å². The van der Waals surface area contributed by atoms with Crippen molar-refractivity contribution in [3.63, 3.8) is 0 Å². The van der Waals surface area contributed by atoms with Gasteiger partial charge in [0, 0.05) is 6.04 Å². The fourth-order valence-corrected chi connectivity index (χ4v) is 1.78. The first-order chi connectivity index (χ1) is 6.91. The van der Waals surface area contributed by atoms with Gasteiger partial charge in [0.25, 0.3) is 0 Å².